The molecular formula is C22H26N2O3S. The molecule has 5 nitrogen and oxygen atoms in total. The Labute approximate surface area is 167 Å². The van der Waals surface area contributed by atoms with E-state index in [-0.39, 0.29) is 24.4 Å². The number of para-hydroxylation sites is 1. The summed E-state index contributed by atoms with van der Waals surface area (Å²) in [6.45, 7) is 4.70. The molecule has 0 spiro atoms. The Hall–Kier alpha value is -2.18. The second-order valence-electron chi connectivity index (χ2n) is 7.91. The highest BCUT2D eigenvalue weighted by Gasteiger charge is 2.39. The van der Waals surface area contributed by atoms with Crippen molar-refractivity contribution in [2.45, 2.75) is 44.0 Å². The van der Waals surface area contributed by atoms with Gasteiger partial charge >= 0.3 is 0 Å². The molecule has 2 heterocycles. The summed E-state index contributed by atoms with van der Waals surface area (Å²) in [7, 11) is -3.58. The van der Waals surface area contributed by atoms with Gasteiger partial charge in [0, 0.05) is 24.8 Å². The van der Waals surface area contributed by atoms with Gasteiger partial charge in [-0.25, -0.2) is 8.42 Å². The highest BCUT2D eigenvalue weighted by atomic mass is 32.2. The number of aryl methyl sites for hydroxylation is 1. The normalized spacial score (nSPS) is 22.9. The number of piperidine rings is 1. The van der Waals surface area contributed by atoms with Crippen molar-refractivity contribution in [2.75, 3.05) is 18.0 Å². The van der Waals surface area contributed by atoms with Gasteiger partial charge in [-0.05, 0) is 56.9 Å². The maximum Gasteiger partial charge on any atom is 0.243 e. The maximum atomic E-state index is 13.3. The predicted octanol–water partition coefficient (Wildman–Crippen LogP) is 3.37. The lowest BCUT2D eigenvalue weighted by Gasteiger charge is -2.34. The lowest BCUT2D eigenvalue weighted by molar-refractivity contribution is -0.123. The van der Waals surface area contributed by atoms with Crippen LogP contribution in [0.1, 0.15) is 30.9 Å². The van der Waals surface area contributed by atoms with Crippen LogP contribution in [0.4, 0.5) is 5.69 Å². The molecule has 148 valence electrons. The van der Waals surface area contributed by atoms with Crippen LogP contribution in [0, 0.1) is 12.8 Å². The molecule has 0 aliphatic carbocycles. The fraction of sp³-hybridized carbons (Fsp3) is 0.409. The number of hydrogen-bond donors (Lipinski definition) is 0. The first-order valence-electron chi connectivity index (χ1n) is 9.86. The molecule has 2 aromatic rings. The zero-order chi connectivity index (χ0) is 19.9. The van der Waals surface area contributed by atoms with Gasteiger partial charge in [-0.3, -0.25) is 4.79 Å². The van der Waals surface area contributed by atoms with E-state index in [1.54, 1.807) is 12.1 Å². The molecule has 1 amide bonds. The number of fused-ring (bicyclic) bond motifs is 1. The van der Waals surface area contributed by atoms with Crippen molar-refractivity contribution in [3.8, 4) is 0 Å². The largest absolute Gasteiger partial charge is 0.309 e. The second kappa shape index (κ2) is 7.33. The van der Waals surface area contributed by atoms with Gasteiger partial charge in [0.25, 0.3) is 0 Å². The van der Waals surface area contributed by atoms with Gasteiger partial charge in [-0.15, -0.1) is 0 Å². The first-order valence-corrected chi connectivity index (χ1v) is 11.3. The Morgan fingerprint density at radius 3 is 2.54 bits per heavy atom. The Bertz CT molecular complexity index is 985. The minimum atomic E-state index is -3.58. The molecule has 2 atom stereocenters. The van der Waals surface area contributed by atoms with Crippen molar-refractivity contribution < 1.29 is 13.2 Å². The zero-order valence-corrected chi connectivity index (χ0v) is 17.2. The summed E-state index contributed by atoms with van der Waals surface area (Å²) in [5, 5.41) is 0. The van der Waals surface area contributed by atoms with Crippen LogP contribution in [-0.2, 0) is 21.2 Å². The first-order chi connectivity index (χ1) is 13.4. The summed E-state index contributed by atoms with van der Waals surface area (Å²) in [5.74, 6) is -0.260. The van der Waals surface area contributed by atoms with Crippen LogP contribution in [0.15, 0.2) is 53.4 Å². The first kappa shape index (κ1) is 19.2. The maximum absolute atomic E-state index is 13.3. The van der Waals surface area contributed by atoms with E-state index in [0.717, 1.165) is 24.1 Å². The fourth-order valence-electron chi connectivity index (χ4n) is 4.32. The van der Waals surface area contributed by atoms with E-state index in [2.05, 4.69) is 13.0 Å². The molecule has 0 saturated carbocycles. The quantitative estimate of drug-likeness (QED) is 0.796. The summed E-state index contributed by atoms with van der Waals surface area (Å²) in [5.41, 5.74) is 3.18. The minimum absolute atomic E-state index is 0.0428. The van der Waals surface area contributed by atoms with Crippen molar-refractivity contribution in [1.82, 2.24) is 4.31 Å². The second-order valence-corrected chi connectivity index (χ2v) is 9.84. The van der Waals surface area contributed by atoms with Crippen LogP contribution in [0.3, 0.4) is 0 Å². The topological polar surface area (TPSA) is 57.7 Å². The van der Waals surface area contributed by atoms with E-state index >= 15 is 0 Å². The zero-order valence-electron chi connectivity index (χ0n) is 16.3. The van der Waals surface area contributed by atoms with Crippen LogP contribution in [0.5, 0.6) is 0 Å². The van der Waals surface area contributed by atoms with Crippen molar-refractivity contribution in [1.29, 1.82) is 0 Å². The number of rotatable bonds is 3. The van der Waals surface area contributed by atoms with E-state index in [1.807, 2.05) is 42.2 Å². The summed E-state index contributed by atoms with van der Waals surface area (Å²) < 4.78 is 27.6. The highest BCUT2D eigenvalue weighted by Crippen LogP contribution is 2.35. The number of carbonyl (C=O) groups is 1. The summed E-state index contributed by atoms with van der Waals surface area (Å²) in [4.78, 5) is 15.5. The Balaban J connectivity index is 1.56. The molecule has 1 saturated heterocycles. The summed E-state index contributed by atoms with van der Waals surface area (Å²) >= 11 is 0. The number of benzene rings is 2. The van der Waals surface area contributed by atoms with Gasteiger partial charge in [0.05, 0.1) is 10.8 Å². The molecule has 0 radical (unpaired) electrons. The van der Waals surface area contributed by atoms with Gasteiger partial charge in [-0.1, -0.05) is 35.9 Å². The third-order valence-electron chi connectivity index (χ3n) is 5.84. The number of hydrogen-bond acceptors (Lipinski definition) is 3. The van der Waals surface area contributed by atoms with Gasteiger partial charge in [0.1, 0.15) is 0 Å². The molecule has 28 heavy (non-hydrogen) atoms. The number of amides is 1. The number of carbonyl (C=O) groups excluding carboxylic acids is 1. The van der Waals surface area contributed by atoms with Crippen molar-refractivity contribution >= 4 is 21.6 Å². The smallest absolute Gasteiger partial charge is 0.243 e. The average Bonchev–Trinajstić information content (AvgIpc) is 3.03. The number of anilines is 1. The predicted molar refractivity (Wildman–Crippen MR) is 110 cm³/mol. The minimum Gasteiger partial charge on any atom is -0.309 e. The summed E-state index contributed by atoms with van der Waals surface area (Å²) in [6, 6.07) is 15.0. The fourth-order valence-corrected chi connectivity index (χ4v) is 5.84. The van der Waals surface area contributed by atoms with Crippen LogP contribution in [0.2, 0.25) is 0 Å². The molecule has 6 heteroatoms. The van der Waals surface area contributed by atoms with E-state index < -0.39 is 10.0 Å². The van der Waals surface area contributed by atoms with Crippen molar-refractivity contribution in [3.63, 3.8) is 0 Å². The molecule has 0 aromatic heterocycles. The lowest BCUT2D eigenvalue weighted by Crippen LogP contribution is -2.48. The van der Waals surface area contributed by atoms with Gasteiger partial charge in [-0.2, -0.15) is 4.31 Å². The van der Waals surface area contributed by atoms with Crippen molar-refractivity contribution in [3.05, 3.63) is 59.7 Å². The number of sulfonamides is 1. The van der Waals surface area contributed by atoms with E-state index in [1.165, 1.54) is 9.87 Å². The molecule has 2 aliphatic heterocycles. The molecule has 0 unspecified atom stereocenters. The monoisotopic (exact) mass is 398 g/mol. The Kier molecular flexibility index (Phi) is 5.02. The number of nitrogens with zero attached hydrogens (tertiary/aromatic N) is 2. The molecule has 2 aromatic carbocycles. The van der Waals surface area contributed by atoms with E-state index in [4.69, 9.17) is 0 Å². The third kappa shape index (κ3) is 3.35. The standard InChI is InChI=1S/C22H26N2O3S/c1-16-9-11-20(12-10-16)28(26,27)23-13-5-7-19(15-23)22(25)24-17(2)14-18-6-3-4-8-21(18)24/h3-4,6,8-12,17,19H,5,7,13-15H2,1-2H3/t17-,19-/m1/s1. The molecular weight excluding hydrogens is 372 g/mol. The molecule has 0 N–H and O–H groups in total. The lowest BCUT2D eigenvalue weighted by atomic mass is 9.97. The molecule has 2 aliphatic rings. The molecule has 4 rings (SSSR count). The Morgan fingerprint density at radius 1 is 1.07 bits per heavy atom. The van der Waals surface area contributed by atoms with Crippen LogP contribution < -0.4 is 4.90 Å². The summed E-state index contributed by atoms with van der Waals surface area (Å²) in [6.07, 6.45) is 2.27. The van der Waals surface area contributed by atoms with Gasteiger partial charge < -0.3 is 4.90 Å². The van der Waals surface area contributed by atoms with Gasteiger partial charge in [0.15, 0.2) is 0 Å². The average molecular weight is 399 g/mol. The Morgan fingerprint density at radius 2 is 1.79 bits per heavy atom. The third-order valence-corrected chi connectivity index (χ3v) is 7.72. The van der Waals surface area contributed by atoms with Gasteiger partial charge in [0.2, 0.25) is 15.9 Å². The van der Waals surface area contributed by atoms with E-state index in [9.17, 15) is 13.2 Å². The van der Waals surface area contributed by atoms with Crippen molar-refractivity contribution in [2.24, 2.45) is 5.92 Å². The molecule has 0 bridgehead atoms. The van der Waals surface area contributed by atoms with E-state index in [0.29, 0.717) is 17.9 Å². The highest BCUT2D eigenvalue weighted by molar-refractivity contribution is 7.89. The van der Waals surface area contributed by atoms with Crippen LogP contribution in [-0.4, -0.2) is 37.8 Å². The van der Waals surface area contributed by atoms with Crippen LogP contribution >= 0.6 is 0 Å². The molecule has 1 fully saturated rings. The van der Waals surface area contributed by atoms with Crippen LogP contribution in [0.25, 0.3) is 0 Å². The SMILES string of the molecule is Cc1ccc(S(=O)(=O)N2CCC[C@@H](C(=O)N3c4ccccc4C[C@H]3C)C2)cc1.